The van der Waals surface area contributed by atoms with E-state index in [-0.39, 0.29) is 17.2 Å². The first-order valence-corrected chi connectivity index (χ1v) is 6.05. The van der Waals surface area contributed by atoms with Crippen molar-refractivity contribution in [1.82, 2.24) is 14.7 Å². The number of aromatic carboxylic acids is 1. The number of aryl methyl sites for hydroxylation is 1. The standard InChI is InChI=1S/C12H17N3O3/c1-8-3-5-15(6-4-8)11(16)9-7-14(2)13-10(9)12(17)18/h7-8H,3-6H2,1-2H3,(H,17,18). The van der Waals surface area contributed by atoms with Crippen molar-refractivity contribution < 1.29 is 14.7 Å². The Hall–Kier alpha value is -1.85. The molecule has 1 amide bonds. The van der Waals surface area contributed by atoms with Gasteiger partial charge in [-0.25, -0.2) is 4.79 Å². The van der Waals surface area contributed by atoms with Crippen molar-refractivity contribution in [3.8, 4) is 0 Å². The van der Waals surface area contributed by atoms with Gasteiger partial charge in [0, 0.05) is 26.3 Å². The molecule has 1 aromatic heterocycles. The third-order valence-corrected chi connectivity index (χ3v) is 3.33. The SMILES string of the molecule is CC1CCN(C(=O)c2cn(C)nc2C(=O)O)CC1. The largest absolute Gasteiger partial charge is 0.476 e. The summed E-state index contributed by atoms with van der Waals surface area (Å²) in [4.78, 5) is 25.0. The quantitative estimate of drug-likeness (QED) is 0.850. The molecule has 0 spiro atoms. The summed E-state index contributed by atoms with van der Waals surface area (Å²) in [6.45, 7) is 3.54. The molecule has 1 N–H and O–H groups in total. The molecule has 18 heavy (non-hydrogen) atoms. The number of carbonyl (C=O) groups excluding carboxylic acids is 1. The van der Waals surface area contributed by atoms with Gasteiger partial charge >= 0.3 is 5.97 Å². The monoisotopic (exact) mass is 251 g/mol. The number of carboxylic acid groups (broad SMARTS) is 1. The van der Waals surface area contributed by atoms with Gasteiger partial charge in [-0.05, 0) is 18.8 Å². The van der Waals surface area contributed by atoms with E-state index < -0.39 is 5.97 Å². The molecule has 0 aliphatic carbocycles. The second-order valence-electron chi connectivity index (χ2n) is 4.84. The highest BCUT2D eigenvalue weighted by Gasteiger charge is 2.27. The number of hydrogen-bond acceptors (Lipinski definition) is 3. The van der Waals surface area contributed by atoms with Gasteiger partial charge < -0.3 is 10.0 Å². The molecule has 1 aliphatic rings. The summed E-state index contributed by atoms with van der Waals surface area (Å²) in [6.07, 6.45) is 3.41. The Morgan fingerprint density at radius 1 is 1.39 bits per heavy atom. The van der Waals surface area contributed by atoms with Gasteiger partial charge in [0.2, 0.25) is 0 Å². The minimum atomic E-state index is -1.16. The highest BCUT2D eigenvalue weighted by Crippen LogP contribution is 2.19. The average molecular weight is 251 g/mol. The lowest BCUT2D eigenvalue weighted by molar-refractivity contribution is 0.0651. The van der Waals surface area contributed by atoms with Crippen LogP contribution < -0.4 is 0 Å². The highest BCUT2D eigenvalue weighted by molar-refractivity contribution is 6.03. The molecule has 0 bridgehead atoms. The summed E-state index contributed by atoms with van der Waals surface area (Å²) in [6, 6.07) is 0. The first-order valence-electron chi connectivity index (χ1n) is 6.05. The molecule has 1 fully saturated rings. The van der Waals surface area contributed by atoms with Crippen LogP contribution in [0.15, 0.2) is 6.20 Å². The normalized spacial score (nSPS) is 16.9. The number of carboxylic acids is 1. The van der Waals surface area contributed by atoms with E-state index >= 15 is 0 Å². The second-order valence-corrected chi connectivity index (χ2v) is 4.84. The minimum absolute atomic E-state index is 0.166. The zero-order chi connectivity index (χ0) is 13.3. The van der Waals surface area contributed by atoms with E-state index in [4.69, 9.17) is 5.11 Å². The maximum absolute atomic E-state index is 12.3. The zero-order valence-corrected chi connectivity index (χ0v) is 10.6. The number of nitrogens with zero attached hydrogens (tertiary/aromatic N) is 3. The van der Waals surface area contributed by atoms with Gasteiger partial charge in [0.1, 0.15) is 0 Å². The van der Waals surface area contributed by atoms with Crippen LogP contribution in [-0.4, -0.2) is 44.8 Å². The van der Waals surface area contributed by atoms with Crippen LogP contribution in [0.1, 0.15) is 40.6 Å². The van der Waals surface area contributed by atoms with Crippen molar-refractivity contribution >= 4 is 11.9 Å². The first kappa shape index (κ1) is 12.6. The third-order valence-electron chi connectivity index (χ3n) is 3.33. The van der Waals surface area contributed by atoms with Crippen molar-refractivity contribution in [2.24, 2.45) is 13.0 Å². The molecule has 98 valence electrons. The van der Waals surface area contributed by atoms with Crippen molar-refractivity contribution in [2.45, 2.75) is 19.8 Å². The fourth-order valence-electron chi connectivity index (χ4n) is 2.18. The van der Waals surface area contributed by atoms with Gasteiger partial charge in [0.25, 0.3) is 5.91 Å². The van der Waals surface area contributed by atoms with Gasteiger partial charge in [-0.15, -0.1) is 0 Å². The molecule has 1 saturated heterocycles. The molecule has 6 heteroatoms. The highest BCUT2D eigenvalue weighted by atomic mass is 16.4. The van der Waals surface area contributed by atoms with Crippen molar-refractivity contribution in [2.75, 3.05) is 13.1 Å². The molecule has 1 aliphatic heterocycles. The molecule has 2 heterocycles. The van der Waals surface area contributed by atoms with Crippen LogP contribution in [0.25, 0.3) is 0 Å². The summed E-state index contributed by atoms with van der Waals surface area (Å²) < 4.78 is 1.36. The number of hydrogen-bond donors (Lipinski definition) is 1. The number of carbonyl (C=O) groups is 2. The van der Waals surface area contributed by atoms with E-state index in [9.17, 15) is 9.59 Å². The van der Waals surface area contributed by atoms with Crippen LogP contribution in [0, 0.1) is 5.92 Å². The molecule has 0 saturated carbocycles. The van der Waals surface area contributed by atoms with Gasteiger partial charge in [-0.3, -0.25) is 9.48 Å². The molecule has 1 aromatic rings. The smallest absolute Gasteiger partial charge is 0.357 e. The van der Waals surface area contributed by atoms with Crippen molar-refractivity contribution in [3.05, 3.63) is 17.5 Å². The molecular weight excluding hydrogens is 234 g/mol. The molecule has 0 radical (unpaired) electrons. The van der Waals surface area contributed by atoms with Crippen molar-refractivity contribution in [1.29, 1.82) is 0 Å². The number of aromatic nitrogens is 2. The molecular formula is C12H17N3O3. The van der Waals surface area contributed by atoms with Crippen molar-refractivity contribution in [3.63, 3.8) is 0 Å². The summed E-state index contributed by atoms with van der Waals surface area (Å²) in [5.41, 5.74) is 0.0145. The van der Waals surface area contributed by atoms with Crippen LogP contribution >= 0.6 is 0 Å². The van der Waals surface area contributed by atoms with E-state index in [0.29, 0.717) is 19.0 Å². The Balaban J connectivity index is 2.21. The van der Waals surface area contributed by atoms with Gasteiger partial charge in [0.15, 0.2) is 5.69 Å². The summed E-state index contributed by atoms with van der Waals surface area (Å²) >= 11 is 0. The number of piperidine rings is 1. The van der Waals surface area contributed by atoms with Crippen LogP contribution in [0.2, 0.25) is 0 Å². The summed E-state index contributed by atoms with van der Waals surface area (Å²) in [5.74, 6) is -0.765. The van der Waals surface area contributed by atoms with Crippen LogP contribution in [0.3, 0.4) is 0 Å². The number of rotatable bonds is 2. The first-order chi connectivity index (χ1) is 8.49. The Morgan fingerprint density at radius 2 is 2.00 bits per heavy atom. The number of amides is 1. The predicted octanol–water partition coefficient (Wildman–Crippen LogP) is 0.990. The zero-order valence-electron chi connectivity index (χ0n) is 10.6. The Labute approximate surface area is 105 Å². The Bertz CT molecular complexity index is 473. The summed E-state index contributed by atoms with van der Waals surface area (Å²) in [7, 11) is 1.61. The molecule has 0 atom stereocenters. The lowest BCUT2D eigenvalue weighted by atomic mass is 9.98. The topological polar surface area (TPSA) is 75.4 Å². The maximum Gasteiger partial charge on any atom is 0.357 e. The third kappa shape index (κ3) is 2.37. The van der Waals surface area contributed by atoms with Gasteiger partial charge in [-0.1, -0.05) is 6.92 Å². The van der Waals surface area contributed by atoms with Crippen LogP contribution in [-0.2, 0) is 7.05 Å². The van der Waals surface area contributed by atoms with E-state index in [0.717, 1.165) is 12.8 Å². The van der Waals surface area contributed by atoms with Gasteiger partial charge in [0.05, 0.1) is 5.56 Å². The average Bonchev–Trinajstić information content (AvgIpc) is 2.71. The summed E-state index contributed by atoms with van der Waals surface area (Å²) in [5, 5.41) is 12.8. The van der Waals surface area contributed by atoms with E-state index in [2.05, 4.69) is 12.0 Å². The minimum Gasteiger partial charge on any atom is -0.476 e. The maximum atomic E-state index is 12.3. The van der Waals surface area contributed by atoms with Crippen LogP contribution in [0.5, 0.6) is 0 Å². The second kappa shape index (κ2) is 4.80. The molecule has 0 aromatic carbocycles. The molecule has 6 nitrogen and oxygen atoms in total. The fourth-order valence-corrected chi connectivity index (χ4v) is 2.18. The predicted molar refractivity (Wildman–Crippen MR) is 64.5 cm³/mol. The fraction of sp³-hybridized carbons (Fsp3) is 0.583. The van der Waals surface area contributed by atoms with E-state index in [1.165, 1.54) is 10.9 Å². The lowest BCUT2D eigenvalue weighted by Gasteiger charge is -2.30. The number of likely N-dealkylation sites (tertiary alicyclic amines) is 1. The van der Waals surface area contributed by atoms with E-state index in [1.807, 2.05) is 0 Å². The van der Waals surface area contributed by atoms with Gasteiger partial charge in [-0.2, -0.15) is 5.10 Å². The van der Waals surface area contributed by atoms with E-state index in [1.54, 1.807) is 11.9 Å². The lowest BCUT2D eigenvalue weighted by Crippen LogP contribution is -2.38. The Morgan fingerprint density at radius 3 is 2.56 bits per heavy atom. The molecule has 0 unspecified atom stereocenters. The molecule has 2 rings (SSSR count). The van der Waals surface area contributed by atoms with Crippen LogP contribution in [0.4, 0.5) is 0 Å². The Kier molecular flexibility index (Phi) is 3.36.